The second-order valence-electron chi connectivity index (χ2n) is 4.57. The predicted molar refractivity (Wildman–Crippen MR) is 79.6 cm³/mol. The third-order valence-corrected chi connectivity index (χ3v) is 3.74. The maximum atomic E-state index is 14.1. The minimum Gasteiger partial charge on any atom is -0.486 e. The van der Waals surface area contributed by atoms with Crippen LogP contribution in [0.2, 0.25) is 0 Å². The highest BCUT2D eigenvalue weighted by Gasteiger charge is 2.11. The monoisotopic (exact) mass is 294 g/mol. The number of ether oxygens (including phenoxy) is 1. The van der Waals surface area contributed by atoms with Gasteiger partial charge in [0, 0.05) is 29.2 Å². The van der Waals surface area contributed by atoms with Crippen molar-refractivity contribution in [3.05, 3.63) is 46.2 Å². The fourth-order valence-corrected chi connectivity index (χ4v) is 2.42. The number of hydrogen-bond donors (Lipinski definition) is 1. The third kappa shape index (κ3) is 4.02. The van der Waals surface area contributed by atoms with Crippen LogP contribution < -0.4 is 10.1 Å². The van der Waals surface area contributed by atoms with Crippen molar-refractivity contribution in [1.29, 1.82) is 0 Å². The summed E-state index contributed by atoms with van der Waals surface area (Å²) in [6.07, 6.45) is 2.76. The summed E-state index contributed by atoms with van der Waals surface area (Å²) in [6, 6.07) is 5.02. The maximum absolute atomic E-state index is 14.1. The Balaban J connectivity index is 1.98. The van der Waals surface area contributed by atoms with E-state index in [1.807, 2.05) is 12.3 Å². The first-order chi connectivity index (χ1) is 9.70. The number of nitrogens with zero attached hydrogens (tertiary/aromatic N) is 1. The molecular weight excluding hydrogens is 275 g/mol. The van der Waals surface area contributed by atoms with E-state index in [-0.39, 0.29) is 11.9 Å². The van der Waals surface area contributed by atoms with Gasteiger partial charge < -0.3 is 10.1 Å². The molecule has 1 N–H and O–H groups in total. The Bertz CT molecular complexity index is 531. The molecule has 0 radical (unpaired) electrons. The van der Waals surface area contributed by atoms with Crippen LogP contribution in [0.1, 0.15) is 36.9 Å². The van der Waals surface area contributed by atoms with Crippen molar-refractivity contribution < 1.29 is 9.13 Å². The van der Waals surface area contributed by atoms with E-state index in [0.717, 1.165) is 18.0 Å². The van der Waals surface area contributed by atoms with E-state index in [0.29, 0.717) is 17.9 Å². The summed E-state index contributed by atoms with van der Waals surface area (Å²) in [5.74, 6) is 0.293. The molecule has 0 aliphatic heterocycles. The van der Waals surface area contributed by atoms with Crippen LogP contribution in [0.15, 0.2) is 29.8 Å². The van der Waals surface area contributed by atoms with Gasteiger partial charge in [0.05, 0.1) is 0 Å². The van der Waals surface area contributed by atoms with E-state index >= 15 is 0 Å². The molecule has 1 unspecified atom stereocenters. The number of rotatable bonds is 7. The normalized spacial score (nSPS) is 12.3. The van der Waals surface area contributed by atoms with Gasteiger partial charge >= 0.3 is 0 Å². The quantitative estimate of drug-likeness (QED) is 0.840. The topological polar surface area (TPSA) is 34.1 Å². The Morgan fingerprint density at radius 1 is 1.45 bits per heavy atom. The molecule has 1 heterocycles. The molecule has 108 valence electrons. The second kappa shape index (κ2) is 7.36. The second-order valence-corrected chi connectivity index (χ2v) is 5.55. The summed E-state index contributed by atoms with van der Waals surface area (Å²) < 4.78 is 19.6. The molecule has 0 aliphatic rings. The van der Waals surface area contributed by atoms with E-state index in [2.05, 4.69) is 17.2 Å². The van der Waals surface area contributed by atoms with Crippen molar-refractivity contribution in [3.8, 4) is 5.75 Å². The molecule has 0 amide bonds. The van der Waals surface area contributed by atoms with Crippen molar-refractivity contribution in [1.82, 2.24) is 10.3 Å². The van der Waals surface area contributed by atoms with E-state index in [1.165, 1.54) is 17.4 Å². The summed E-state index contributed by atoms with van der Waals surface area (Å²) in [5.41, 5.74) is 0.667. The van der Waals surface area contributed by atoms with Gasteiger partial charge in [-0.25, -0.2) is 9.37 Å². The molecule has 3 nitrogen and oxygen atoms in total. The minimum absolute atomic E-state index is 0.00274. The molecule has 0 bridgehead atoms. The highest BCUT2D eigenvalue weighted by atomic mass is 32.1. The van der Waals surface area contributed by atoms with Gasteiger partial charge in [0.2, 0.25) is 0 Å². The fraction of sp³-hybridized carbons (Fsp3) is 0.400. The molecule has 0 spiro atoms. The molecule has 2 aromatic rings. The lowest BCUT2D eigenvalue weighted by molar-refractivity contribution is 0.303. The van der Waals surface area contributed by atoms with Gasteiger partial charge in [-0.3, -0.25) is 0 Å². The van der Waals surface area contributed by atoms with E-state index in [9.17, 15) is 4.39 Å². The number of benzene rings is 1. The standard InChI is InChI=1S/C15H19FN2OS/c1-3-6-17-11(2)13-5-4-12(9-14(13)16)19-10-15-18-7-8-20-15/h4-5,7-9,11,17H,3,6,10H2,1-2H3. The van der Waals surface area contributed by atoms with Gasteiger partial charge in [0.15, 0.2) is 0 Å². The zero-order valence-electron chi connectivity index (χ0n) is 11.7. The van der Waals surface area contributed by atoms with Crippen LogP contribution in [0.25, 0.3) is 0 Å². The molecule has 1 aromatic carbocycles. The molecule has 0 aliphatic carbocycles. The molecule has 1 atom stereocenters. The summed E-state index contributed by atoms with van der Waals surface area (Å²) in [4.78, 5) is 4.12. The zero-order valence-corrected chi connectivity index (χ0v) is 12.5. The van der Waals surface area contributed by atoms with Crippen LogP contribution in [0.3, 0.4) is 0 Å². The maximum Gasteiger partial charge on any atom is 0.140 e. The van der Waals surface area contributed by atoms with Gasteiger partial charge in [-0.2, -0.15) is 0 Å². The van der Waals surface area contributed by atoms with Crippen molar-refractivity contribution in [2.75, 3.05) is 6.54 Å². The summed E-state index contributed by atoms with van der Waals surface area (Å²) in [7, 11) is 0. The number of thiazole rings is 1. The highest BCUT2D eigenvalue weighted by molar-refractivity contribution is 7.09. The SMILES string of the molecule is CCCNC(C)c1ccc(OCc2nccs2)cc1F. The molecular formula is C15H19FN2OS. The lowest BCUT2D eigenvalue weighted by Crippen LogP contribution is -2.20. The largest absolute Gasteiger partial charge is 0.486 e. The number of nitrogens with one attached hydrogen (secondary N) is 1. The predicted octanol–water partition coefficient (Wildman–Crippen LogP) is 3.92. The zero-order chi connectivity index (χ0) is 14.4. The van der Waals surface area contributed by atoms with Gasteiger partial charge in [-0.05, 0) is 26.0 Å². The Labute approximate surface area is 122 Å². The smallest absolute Gasteiger partial charge is 0.140 e. The average molecular weight is 294 g/mol. The van der Waals surface area contributed by atoms with Crippen LogP contribution >= 0.6 is 11.3 Å². The van der Waals surface area contributed by atoms with Crippen LogP contribution in [0, 0.1) is 5.82 Å². The van der Waals surface area contributed by atoms with E-state index < -0.39 is 0 Å². The molecule has 0 saturated heterocycles. The van der Waals surface area contributed by atoms with Gasteiger partial charge in [-0.15, -0.1) is 11.3 Å². The summed E-state index contributed by atoms with van der Waals surface area (Å²) in [6.45, 7) is 5.30. The number of aromatic nitrogens is 1. The van der Waals surface area contributed by atoms with Crippen LogP contribution in [0.4, 0.5) is 4.39 Å². The molecule has 1 aromatic heterocycles. The molecule has 20 heavy (non-hydrogen) atoms. The Kier molecular flexibility index (Phi) is 5.49. The van der Waals surface area contributed by atoms with Crippen molar-refractivity contribution in [2.45, 2.75) is 32.9 Å². The van der Waals surface area contributed by atoms with Crippen molar-refractivity contribution >= 4 is 11.3 Å². The van der Waals surface area contributed by atoms with Gasteiger partial charge in [0.1, 0.15) is 23.2 Å². The Hall–Kier alpha value is -1.46. The van der Waals surface area contributed by atoms with Crippen LogP contribution in [-0.4, -0.2) is 11.5 Å². The first-order valence-corrected chi connectivity index (χ1v) is 7.62. The summed E-state index contributed by atoms with van der Waals surface area (Å²) >= 11 is 1.52. The van der Waals surface area contributed by atoms with Gasteiger partial charge in [-0.1, -0.05) is 13.0 Å². The molecule has 2 rings (SSSR count). The lowest BCUT2D eigenvalue weighted by Gasteiger charge is -2.15. The van der Waals surface area contributed by atoms with Gasteiger partial charge in [0.25, 0.3) is 0 Å². The first kappa shape index (κ1) is 14.9. The Morgan fingerprint density at radius 2 is 2.30 bits per heavy atom. The Morgan fingerprint density at radius 3 is 2.95 bits per heavy atom. The molecule has 0 saturated carbocycles. The highest BCUT2D eigenvalue weighted by Crippen LogP contribution is 2.22. The summed E-state index contributed by atoms with van der Waals surface area (Å²) in [5, 5.41) is 6.05. The van der Waals surface area contributed by atoms with E-state index in [4.69, 9.17) is 4.74 Å². The van der Waals surface area contributed by atoms with Crippen LogP contribution in [0.5, 0.6) is 5.75 Å². The van der Waals surface area contributed by atoms with Crippen molar-refractivity contribution in [2.24, 2.45) is 0 Å². The van der Waals surface area contributed by atoms with E-state index in [1.54, 1.807) is 18.3 Å². The number of hydrogen-bond acceptors (Lipinski definition) is 4. The third-order valence-electron chi connectivity index (χ3n) is 2.98. The molecule has 0 fully saturated rings. The van der Waals surface area contributed by atoms with Crippen LogP contribution in [-0.2, 0) is 6.61 Å². The first-order valence-electron chi connectivity index (χ1n) is 6.74. The lowest BCUT2D eigenvalue weighted by atomic mass is 10.1. The molecule has 5 heteroatoms. The van der Waals surface area contributed by atoms with Crippen molar-refractivity contribution in [3.63, 3.8) is 0 Å². The minimum atomic E-state index is -0.238. The average Bonchev–Trinajstić information content (AvgIpc) is 2.96. The number of halogens is 1. The fourth-order valence-electron chi connectivity index (χ4n) is 1.89.